The van der Waals surface area contributed by atoms with E-state index in [1.54, 1.807) is 30.3 Å². The molecule has 1 fully saturated rings. The lowest BCUT2D eigenvalue weighted by Crippen LogP contribution is -2.29. The molecule has 1 N–H and O–H groups in total. The van der Waals surface area contributed by atoms with Crippen molar-refractivity contribution >= 4 is 34.0 Å². The van der Waals surface area contributed by atoms with Crippen LogP contribution in [0.5, 0.6) is 11.5 Å². The standard InChI is InChI=1S/C30H28N2O5/c1-4-36-20-15-16-22(25(17-20)37-5-2)28(33)26-27(23-18-31(3)24-14-10-9-13-21(23)24)32(30(35)29(26)34)19-11-7-6-8-12-19/h6-18,27,33H,4-5H2,1-3H3/b28-26+. The smallest absolute Gasteiger partial charge is 0.300 e. The van der Waals surface area contributed by atoms with Crippen LogP contribution in [-0.2, 0) is 16.6 Å². The number of rotatable bonds is 7. The van der Waals surface area contributed by atoms with Crippen LogP contribution < -0.4 is 14.4 Å². The second-order valence-corrected chi connectivity index (χ2v) is 8.74. The molecular weight excluding hydrogens is 468 g/mol. The molecule has 2 heterocycles. The zero-order chi connectivity index (χ0) is 26.1. The highest BCUT2D eigenvalue weighted by Crippen LogP contribution is 2.45. The Morgan fingerprint density at radius 1 is 0.919 bits per heavy atom. The van der Waals surface area contributed by atoms with E-state index in [0.29, 0.717) is 36.0 Å². The van der Waals surface area contributed by atoms with Crippen molar-refractivity contribution in [2.75, 3.05) is 18.1 Å². The Balaban J connectivity index is 1.78. The Morgan fingerprint density at radius 3 is 2.35 bits per heavy atom. The number of anilines is 1. The van der Waals surface area contributed by atoms with E-state index in [1.807, 2.05) is 74.1 Å². The fourth-order valence-electron chi connectivity index (χ4n) is 4.95. The predicted octanol–water partition coefficient (Wildman–Crippen LogP) is 5.60. The highest BCUT2D eigenvalue weighted by atomic mass is 16.5. The predicted molar refractivity (Wildman–Crippen MR) is 143 cm³/mol. The molecule has 37 heavy (non-hydrogen) atoms. The van der Waals surface area contributed by atoms with E-state index in [4.69, 9.17) is 9.47 Å². The largest absolute Gasteiger partial charge is 0.507 e. The molecule has 0 aliphatic carbocycles. The molecule has 4 aromatic rings. The van der Waals surface area contributed by atoms with Crippen LogP contribution in [0.1, 0.15) is 31.0 Å². The maximum absolute atomic E-state index is 13.6. The van der Waals surface area contributed by atoms with Crippen LogP contribution in [0.15, 0.2) is 84.6 Å². The molecule has 1 atom stereocenters. The first-order valence-corrected chi connectivity index (χ1v) is 12.3. The third-order valence-electron chi connectivity index (χ3n) is 6.52. The molecule has 1 unspecified atom stereocenters. The summed E-state index contributed by atoms with van der Waals surface area (Å²) < 4.78 is 13.4. The number of aryl methyl sites for hydroxylation is 1. The summed E-state index contributed by atoms with van der Waals surface area (Å²) in [6.45, 7) is 4.53. The first-order valence-electron chi connectivity index (χ1n) is 12.3. The summed E-state index contributed by atoms with van der Waals surface area (Å²) in [4.78, 5) is 28.6. The summed E-state index contributed by atoms with van der Waals surface area (Å²) >= 11 is 0. The van der Waals surface area contributed by atoms with Gasteiger partial charge in [-0.05, 0) is 44.2 Å². The fourth-order valence-corrected chi connectivity index (χ4v) is 4.95. The number of hydrogen-bond acceptors (Lipinski definition) is 5. The summed E-state index contributed by atoms with van der Waals surface area (Å²) in [5, 5.41) is 12.6. The lowest BCUT2D eigenvalue weighted by Gasteiger charge is -2.25. The number of ether oxygens (including phenoxy) is 2. The number of nitrogens with zero attached hydrogens (tertiary/aromatic N) is 2. The van der Waals surface area contributed by atoms with Crippen molar-refractivity contribution in [3.8, 4) is 11.5 Å². The monoisotopic (exact) mass is 496 g/mol. The van der Waals surface area contributed by atoms with Crippen LogP contribution in [0.3, 0.4) is 0 Å². The van der Waals surface area contributed by atoms with Gasteiger partial charge in [0.1, 0.15) is 17.3 Å². The minimum atomic E-state index is -0.838. The van der Waals surface area contributed by atoms with Gasteiger partial charge >= 0.3 is 0 Å². The molecule has 188 valence electrons. The van der Waals surface area contributed by atoms with Crippen molar-refractivity contribution in [3.05, 3.63) is 95.7 Å². The molecule has 1 aromatic heterocycles. The van der Waals surface area contributed by atoms with Crippen LogP contribution in [0.2, 0.25) is 0 Å². The van der Waals surface area contributed by atoms with Crippen LogP contribution in [0, 0.1) is 0 Å². The maximum atomic E-state index is 13.6. The molecule has 0 radical (unpaired) electrons. The topological polar surface area (TPSA) is 81.0 Å². The van der Waals surface area contributed by atoms with Crippen molar-refractivity contribution in [3.63, 3.8) is 0 Å². The van der Waals surface area contributed by atoms with Gasteiger partial charge in [0.05, 0.1) is 30.4 Å². The van der Waals surface area contributed by atoms with Gasteiger partial charge in [-0.3, -0.25) is 14.5 Å². The maximum Gasteiger partial charge on any atom is 0.300 e. The molecule has 1 amide bonds. The molecule has 1 aliphatic heterocycles. The van der Waals surface area contributed by atoms with E-state index in [0.717, 1.165) is 16.5 Å². The van der Waals surface area contributed by atoms with Gasteiger partial charge in [-0.15, -0.1) is 0 Å². The van der Waals surface area contributed by atoms with Gasteiger partial charge in [0.25, 0.3) is 11.7 Å². The Kier molecular flexibility index (Phi) is 6.44. The van der Waals surface area contributed by atoms with Gasteiger partial charge in [0.15, 0.2) is 0 Å². The number of Topliss-reactive ketones (excluding diaryl/α,β-unsaturated/α-hetero) is 1. The van der Waals surface area contributed by atoms with Crippen molar-refractivity contribution in [1.29, 1.82) is 0 Å². The zero-order valence-electron chi connectivity index (χ0n) is 21.0. The number of aliphatic hydroxyl groups excluding tert-OH is 1. The normalized spacial score (nSPS) is 16.9. The number of para-hydroxylation sites is 2. The number of fused-ring (bicyclic) bond motifs is 1. The van der Waals surface area contributed by atoms with Crippen LogP contribution in [0.4, 0.5) is 5.69 Å². The van der Waals surface area contributed by atoms with Gasteiger partial charge in [0, 0.05) is 41.5 Å². The summed E-state index contributed by atoms with van der Waals surface area (Å²) in [6, 6.07) is 21.0. The Bertz CT molecular complexity index is 1520. The molecular formula is C30H28N2O5. The van der Waals surface area contributed by atoms with Crippen LogP contribution in [0.25, 0.3) is 16.7 Å². The molecule has 5 rings (SSSR count). The first kappa shape index (κ1) is 24.2. The van der Waals surface area contributed by atoms with E-state index in [9.17, 15) is 14.7 Å². The van der Waals surface area contributed by atoms with E-state index in [2.05, 4.69) is 0 Å². The summed E-state index contributed by atoms with van der Waals surface area (Å²) in [6.07, 6.45) is 1.91. The van der Waals surface area contributed by atoms with E-state index >= 15 is 0 Å². The number of hydrogen-bond donors (Lipinski definition) is 1. The second kappa shape index (κ2) is 9.85. The molecule has 0 spiro atoms. The Morgan fingerprint density at radius 2 is 1.62 bits per heavy atom. The molecule has 7 heteroatoms. The Labute approximate surface area is 215 Å². The number of carbonyl (C=O) groups excluding carboxylic acids is 2. The van der Waals surface area contributed by atoms with Crippen molar-refractivity contribution < 1.29 is 24.2 Å². The van der Waals surface area contributed by atoms with E-state index in [-0.39, 0.29) is 11.3 Å². The molecule has 3 aromatic carbocycles. The summed E-state index contributed by atoms with van der Waals surface area (Å²) in [7, 11) is 1.92. The van der Waals surface area contributed by atoms with Crippen LogP contribution >= 0.6 is 0 Å². The van der Waals surface area contributed by atoms with Crippen molar-refractivity contribution in [2.24, 2.45) is 7.05 Å². The number of amides is 1. The van der Waals surface area contributed by atoms with Crippen molar-refractivity contribution in [1.82, 2.24) is 4.57 Å². The van der Waals surface area contributed by atoms with E-state index < -0.39 is 17.7 Å². The summed E-state index contributed by atoms with van der Waals surface area (Å²) in [5.41, 5.74) is 2.59. The minimum absolute atomic E-state index is 0.00955. The third-order valence-corrected chi connectivity index (χ3v) is 6.52. The van der Waals surface area contributed by atoms with Gasteiger partial charge in [-0.2, -0.15) is 0 Å². The average molecular weight is 497 g/mol. The number of carbonyl (C=O) groups is 2. The van der Waals surface area contributed by atoms with Crippen molar-refractivity contribution in [2.45, 2.75) is 19.9 Å². The molecule has 0 bridgehead atoms. The fraction of sp³-hybridized carbons (Fsp3) is 0.200. The lowest BCUT2D eigenvalue weighted by molar-refractivity contribution is -0.132. The molecule has 0 saturated carbocycles. The van der Waals surface area contributed by atoms with E-state index in [1.165, 1.54) is 4.90 Å². The Hall–Kier alpha value is -4.52. The SMILES string of the molecule is CCOc1ccc(/C(O)=C2\C(=O)C(=O)N(c3ccccc3)C2c2cn(C)c3ccccc23)c(OCC)c1. The molecule has 7 nitrogen and oxygen atoms in total. The van der Waals surface area contributed by atoms with Gasteiger partial charge in [-0.1, -0.05) is 36.4 Å². The lowest BCUT2D eigenvalue weighted by atomic mass is 9.94. The van der Waals surface area contributed by atoms with Crippen LogP contribution in [-0.4, -0.2) is 34.6 Å². The average Bonchev–Trinajstić information content (AvgIpc) is 3.38. The number of ketones is 1. The second-order valence-electron chi connectivity index (χ2n) is 8.74. The number of benzene rings is 3. The highest BCUT2D eigenvalue weighted by molar-refractivity contribution is 6.52. The quantitative estimate of drug-likeness (QED) is 0.205. The zero-order valence-corrected chi connectivity index (χ0v) is 21.0. The summed E-state index contributed by atoms with van der Waals surface area (Å²) in [5.74, 6) is -0.794. The first-order chi connectivity index (χ1) is 18.0. The third kappa shape index (κ3) is 4.12. The van der Waals surface area contributed by atoms with Gasteiger partial charge < -0.3 is 19.1 Å². The molecule has 1 aliphatic rings. The van der Waals surface area contributed by atoms with Gasteiger partial charge in [-0.25, -0.2) is 0 Å². The minimum Gasteiger partial charge on any atom is -0.507 e. The number of aromatic nitrogens is 1. The van der Waals surface area contributed by atoms with Gasteiger partial charge in [0.2, 0.25) is 0 Å². The molecule has 1 saturated heterocycles. The highest BCUT2D eigenvalue weighted by Gasteiger charge is 2.48. The number of aliphatic hydroxyl groups is 1.